The summed E-state index contributed by atoms with van der Waals surface area (Å²) in [5.74, 6) is -3.14. The maximum atomic E-state index is 14.4. The largest absolute Gasteiger partial charge is 0.345 e. The van der Waals surface area contributed by atoms with E-state index in [1.54, 1.807) is 38.1 Å². The van der Waals surface area contributed by atoms with Crippen LogP contribution in [0.25, 0.3) is 0 Å². The lowest BCUT2D eigenvalue weighted by molar-refractivity contribution is -0.145. The Labute approximate surface area is 315 Å². The highest BCUT2D eigenvalue weighted by Crippen LogP contribution is 2.32. The van der Waals surface area contributed by atoms with Gasteiger partial charge in [-0.1, -0.05) is 50.6 Å². The van der Waals surface area contributed by atoms with Crippen LogP contribution in [0, 0.1) is 11.8 Å². The number of likely N-dealkylation sites (N-methyl/N-ethyl adjacent to an activating group) is 1. The molecule has 1 aromatic carbocycles. The molecular formula is C38H54N8O6S. The molecule has 53 heavy (non-hydrogen) atoms. The predicted molar refractivity (Wildman–Crippen MR) is 201 cm³/mol. The molecule has 0 spiro atoms. The molecular weight excluding hydrogens is 697 g/mol. The Hall–Kier alpha value is -4.37. The zero-order valence-electron chi connectivity index (χ0n) is 31.4. The average molecular weight is 751 g/mol. The van der Waals surface area contributed by atoms with Crippen LogP contribution in [-0.2, 0) is 30.4 Å². The molecule has 0 unspecified atom stereocenters. The minimum Gasteiger partial charge on any atom is -0.345 e. The number of rotatable bonds is 4. The van der Waals surface area contributed by atoms with Crippen LogP contribution < -0.4 is 21.3 Å². The van der Waals surface area contributed by atoms with Crippen molar-refractivity contribution in [1.29, 1.82) is 0 Å². The van der Waals surface area contributed by atoms with Crippen molar-refractivity contribution in [3.8, 4) is 0 Å². The van der Waals surface area contributed by atoms with Gasteiger partial charge in [0.1, 0.15) is 28.8 Å². The van der Waals surface area contributed by atoms with Crippen molar-refractivity contribution in [3.63, 3.8) is 0 Å². The lowest BCUT2D eigenvalue weighted by Crippen LogP contribution is -2.57. The fourth-order valence-electron chi connectivity index (χ4n) is 7.49. The summed E-state index contributed by atoms with van der Waals surface area (Å²) in [6.45, 7) is 8.59. The van der Waals surface area contributed by atoms with Crippen LogP contribution in [0.15, 0.2) is 35.7 Å². The summed E-state index contributed by atoms with van der Waals surface area (Å²) in [4.78, 5) is 91.8. The first-order valence-electron chi connectivity index (χ1n) is 18.8. The van der Waals surface area contributed by atoms with E-state index in [-0.39, 0.29) is 60.9 Å². The first kappa shape index (κ1) is 39.8. The van der Waals surface area contributed by atoms with Crippen LogP contribution >= 0.6 is 11.3 Å². The fourth-order valence-corrected chi connectivity index (χ4v) is 8.34. The van der Waals surface area contributed by atoms with E-state index in [4.69, 9.17) is 0 Å². The Balaban J connectivity index is 1.46. The zero-order valence-corrected chi connectivity index (χ0v) is 32.2. The van der Waals surface area contributed by atoms with Gasteiger partial charge in [-0.15, -0.1) is 11.3 Å². The minimum absolute atomic E-state index is 0.0857. The molecule has 2 bridgehead atoms. The third kappa shape index (κ3) is 10.2. The van der Waals surface area contributed by atoms with E-state index in [1.807, 2.05) is 30.3 Å². The van der Waals surface area contributed by atoms with Crippen LogP contribution in [0.1, 0.15) is 86.9 Å². The second-order valence-corrected chi connectivity index (χ2v) is 15.8. The average Bonchev–Trinajstić information content (AvgIpc) is 3.65. The summed E-state index contributed by atoms with van der Waals surface area (Å²) in [5, 5.41) is 13.3. The van der Waals surface area contributed by atoms with Crippen LogP contribution in [0.2, 0.25) is 0 Å². The maximum Gasteiger partial charge on any atom is 0.271 e. The summed E-state index contributed by atoms with van der Waals surface area (Å²) in [6, 6.07) is 6.20. The molecule has 4 N–H and O–H groups in total. The number of piperidine rings is 2. The first-order valence-corrected chi connectivity index (χ1v) is 19.7. The predicted octanol–water partition coefficient (Wildman–Crippen LogP) is 1.87. The van der Waals surface area contributed by atoms with Gasteiger partial charge in [-0.3, -0.25) is 33.7 Å². The molecule has 0 radical (unpaired) electrons. The molecule has 6 atom stereocenters. The van der Waals surface area contributed by atoms with Crippen LogP contribution in [0.4, 0.5) is 0 Å². The van der Waals surface area contributed by atoms with Crippen molar-refractivity contribution < 1.29 is 28.8 Å². The molecule has 3 aliphatic rings. The number of carbonyl (C=O) groups is 6. The number of hydrogen-bond acceptors (Lipinski definition) is 9. The van der Waals surface area contributed by atoms with Crippen molar-refractivity contribution in [2.45, 2.75) is 96.4 Å². The van der Waals surface area contributed by atoms with Gasteiger partial charge in [0, 0.05) is 31.6 Å². The van der Waals surface area contributed by atoms with Gasteiger partial charge < -0.3 is 31.1 Å². The number of fused-ring (bicyclic) bond motifs is 3. The Morgan fingerprint density at radius 3 is 2.34 bits per heavy atom. The van der Waals surface area contributed by atoms with Crippen LogP contribution in [0.3, 0.4) is 0 Å². The number of aromatic nitrogens is 1. The Morgan fingerprint density at radius 2 is 1.60 bits per heavy atom. The highest BCUT2D eigenvalue weighted by molar-refractivity contribution is 7.09. The highest BCUT2D eigenvalue weighted by atomic mass is 32.1. The van der Waals surface area contributed by atoms with E-state index >= 15 is 0 Å². The number of nitrogens with one attached hydrogen (secondary N) is 4. The van der Waals surface area contributed by atoms with Crippen LogP contribution in [0.5, 0.6) is 0 Å². The molecule has 15 heteroatoms. The second-order valence-electron chi connectivity index (χ2n) is 14.9. The number of benzene rings is 1. The molecule has 14 nitrogen and oxygen atoms in total. The molecule has 0 aliphatic carbocycles. The number of amides is 6. The van der Waals surface area contributed by atoms with Crippen molar-refractivity contribution >= 4 is 46.8 Å². The van der Waals surface area contributed by atoms with Gasteiger partial charge in [-0.2, -0.15) is 0 Å². The standard InChI is InChI=1S/C38H54N8O6S/c1-23(2)32-35(50)40-25(4)37(51)44(5)18-19-46(38(52)27-14-11-17-45-16-10-9-15-30(27)45)21-31(47)41-28(20-26-12-7-6-8-13-26)36-42-29(22-53-36)34(49)39-24(3)33(48)43-32/h6-8,12-13,22-25,27-28,30,32H,9-11,14-21H2,1-5H3,(H,39,49)(H,40,50)(H,41,47)(H,43,48)/t24-,25+,27+,28-,30+,32-/m0/s1. The lowest BCUT2D eigenvalue weighted by Gasteiger charge is -2.45. The third-order valence-electron chi connectivity index (χ3n) is 10.5. The molecule has 2 aromatic rings. The summed E-state index contributed by atoms with van der Waals surface area (Å²) >= 11 is 1.22. The molecule has 288 valence electrons. The van der Waals surface area contributed by atoms with E-state index in [1.165, 1.54) is 23.2 Å². The monoisotopic (exact) mass is 750 g/mol. The van der Waals surface area contributed by atoms with Gasteiger partial charge in [0.05, 0.1) is 18.5 Å². The number of carbonyl (C=O) groups excluding carboxylic acids is 6. The van der Waals surface area contributed by atoms with Gasteiger partial charge in [0.15, 0.2) is 0 Å². The SMILES string of the molecule is CC(C)[C@@H]1NC(=O)[C@H](C)NC(=O)c2csc(n2)[C@H](Cc2ccccc2)NC(=O)CN(C(=O)[C@@H]2CCCN3CCCC[C@H]23)CCN(C)C(=O)[C@@H](C)NC1=O. The van der Waals surface area contributed by atoms with E-state index in [2.05, 4.69) is 31.2 Å². The third-order valence-corrected chi connectivity index (χ3v) is 11.5. The molecule has 2 fully saturated rings. The highest BCUT2D eigenvalue weighted by Gasteiger charge is 2.40. The quantitative estimate of drug-likeness (QED) is 0.367. The number of nitrogens with zero attached hydrogens (tertiary/aromatic N) is 4. The molecule has 6 amide bonds. The molecule has 1 aromatic heterocycles. The first-order chi connectivity index (χ1) is 25.3. The summed E-state index contributed by atoms with van der Waals surface area (Å²) in [6.07, 6.45) is 5.13. The lowest BCUT2D eigenvalue weighted by atomic mass is 9.82. The van der Waals surface area contributed by atoms with Crippen molar-refractivity contribution in [2.75, 3.05) is 39.8 Å². The molecule has 0 saturated carbocycles. The molecule has 5 rings (SSSR count). The van der Waals surface area contributed by atoms with E-state index in [0.717, 1.165) is 50.8 Å². The van der Waals surface area contributed by atoms with E-state index in [0.29, 0.717) is 11.4 Å². The van der Waals surface area contributed by atoms with Crippen molar-refractivity contribution in [3.05, 3.63) is 52.0 Å². The second kappa shape index (κ2) is 18.1. The summed E-state index contributed by atoms with van der Waals surface area (Å²) in [7, 11) is 1.61. The number of hydrogen-bond donors (Lipinski definition) is 4. The summed E-state index contributed by atoms with van der Waals surface area (Å²) in [5.41, 5.74) is 1.03. The number of thiazole rings is 1. The van der Waals surface area contributed by atoms with E-state index in [9.17, 15) is 28.8 Å². The maximum absolute atomic E-state index is 14.4. The van der Waals surface area contributed by atoms with Gasteiger partial charge in [0.25, 0.3) is 5.91 Å². The van der Waals surface area contributed by atoms with E-state index < -0.39 is 41.9 Å². The van der Waals surface area contributed by atoms with Crippen LogP contribution in [-0.4, -0.2) is 119 Å². The molecule has 4 heterocycles. The normalized spacial score (nSPS) is 27.5. The topological polar surface area (TPSA) is 173 Å². The molecule has 3 aliphatic heterocycles. The van der Waals surface area contributed by atoms with Gasteiger partial charge >= 0.3 is 0 Å². The minimum atomic E-state index is -1.01. The molecule has 2 saturated heterocycles. The Morgan fingerprint density at radius 1 is 0.868 bits per heavy atom. The summed E-state index contributed by atoms with van der Waals surface area (Å²) < 4.78 is 0. The van der Waals surface area contributed by atoms with Gasteiger partial charge in [-0.05, 0) is 70.5 Å². The van der Waals surface area contributed by atoms with Crippen molar-refractivity contribution in [1.82, 2.24) is 41.0 Å². The zero-order chi connectivity index (χ0) is 38.2. The smallest absolute Gasteiger partial charge is 0.271 e. The van der Waals surface area contributed by atoms with Gasteiger partial charge in [-0.25, -0.2) is 4.98 Å². The van der Waals surface area contributed by atoms with Gasteiger partial charge in [0.2, 0.25) is 29.5 Å². The fraction of sp³-hybridized carbons (Fsp3) is 0.605. The Kier molecular flexibility index (Phi) is 13.6. The Bertz CT molecular complexity index is 1630. The van der Waals surface area contributed by atoms with Crippen molar-refractivity contribution in [2.24, 2.45) is 11.8 Å².